The van der Waals surface area contributed by atoms with Crippen molar-refractivity contribution >= 4 is 6.08 Å². The standard InChI is InChI=1S/C22H32O13/c1-30-12-6-11(4-3-5-23)7-13(31-2)17(12)34-20-18(16(27)15(26)14(8-24)33-20)35-21-19(28)22(29,9-25)10-32-21/h3-4,6-7,14-16,18-21,23-29H,5,8-10H2,1-2H3/b4-3-/t14-,15-,16+,18-,19-,20+,21-,22-/m0/s1. The molecule has 2 fully saturated rings. The summed E-state index contributed by atoms with van der Waals surface area (Å²) in [4.78, 5) is 0. The minimum Gasteiger partial charge on any atom is -0.493 e. The van der Waals surface area contributed by atoms with Gasteiger partial charge in [0.25, 0.3) is 0 Å². The molecule has 0 amide bonds. The van der Waals surface area contributed by atoms with Crippen LogP contribution >= 0.6 is 0 Å². The highest BCUT2D eigenvalue weighted by Gasteiger charge is 2.53. The van der Waals surface area contributed by atoms with Crippen molar-refractivity contribution in [2.75, 3.05) is 40.6 Å². The van der Waals surface area contributed by atoms with Gasteiger partial charge in [0, 0.05) is 0 Å². The van der Waals surface area contributed by atoms with Crippen molar-refractivity contribution in [3.63, 3.8) is 0 Å². The predicted octanol–water partition coefficient (Wildman–Crippen LogP) is -2.65. The highest BCUT2D eigenvalue weighted by molar-refractivity contribution is 5.62. The van der Waals surface area contributed by atoms with Gasteiger partial charge in [-0.05, 0) is 17.7 Å². The van der Waals surface area contributed by atoms with Gasteiger partial charge in [-0.2, -0.15) is 0 Å². The molecule has 3 rings (SSSR count). The molecule has 0 unspecified atom stereocenters. The molecule has 1 aromatic rings. The van der Waals surface area contributed by atoms with Crippen LogP contribution < -0.4 is 14.2 Å². The number of hydrogen-bond donors (Lipinski definition) is 7. The Morgan fingerprint density at radius 3 is 2.20 bits per heavy atom. The zero-order valence-electron chi connectivity index (χ0n) is 19.3. The van der Waals surface area contributed by atoms with Crippen molar-refractivity contribution in [1.29, 1.82) is 0 Å². The van der Waals surface area contributed by atoms with Gasteiger partial charge in [0.05, 0.1) is 40.6 Å². The number of benzene rings is 1. The van der Waals surface area contributed by atoms with Crippen molar-refractivity contribution in [1.82, 2.24) is 0 Å². The number of aliphatic hydroxyl groups is 7. The first-order chi connectivity index (χ1) is 16.7. The van der Waals surface area contributed by atoms with Gasteiger partial charge in [-0.25, -0.2) is 0 Å². The summed E-state index contributed by atoms with van der Waals surface area (Å²) < 4.78 is 33.3. The van der Waals surface area contributed by atoms with Crippen molar-refractivity contribution in [3.05, 3.63) is 23.8 Å². The van der Waals surface area contributed by atoms with Crippen LogP contribution in [-0.2, 0) is 14.2 Å². The zero-order chi connectivity index (χ0) is 25.8. The van der Waals surface area contributed by atoms with Gasteiger partial charge in [0.15, 0.2) is 23.9 Å². The highest BCUT2D eigenvalue weighted by atomic mass is 16.8. The van der Waals surface area contributed by atoms with Gasteiger partial charge >= 0.3 is 0 Å². The fourth-order valence-electron chi connectivity index (χ4n) is 3.78. The Kier molecular flexibility index (Phi) is 9.28. The minimum absolute atomic E-state index is 0.0368. The van der Waals surface area contributed by atoms with Gasteiger partial charge in [0.1, 0.15) is 30.0 Å². The molecule has 13 nitrogen and oxygen atoms in total. The third-order valence-corrected chi connectivity index (χ3v) is 5.83. The molecule has 2 aliphatic rings. The van der Waals surface area contributed by atoms with E-state index >= 15 is 0 Å². The summed E-state index contributed by atoms with van der Waals surface area (Å²) in [6.45, 7) is -2.09. The predicted molar refractivity (Wildman–Crippen MR) is 117 cm³/mol. The van der Waals surface area contributed by atoms with Crippen LogP contribution in [0.15, 0.2) is 18.2 Å². The van der Waals surface area contributed by atoms with Gasteiger partial charge in [-0.1, -0.05) is 12.2 Å². The lowest BCUT2D eigenvalue weighted by Crippen LogP contribution is -2.62. The lowest BCUT2D eigenvalue weighted by atomic mass is 9.98. The Hall–Kier alpha value is -2.04. The number of methoxy groups -OCH3 is 2. The average Bonchev–Trinajstić information content (AvgIpc) is 3.16. The van der Waals surface area contributed by atoms with Gasteiger partial charge in [-0.15, -0.1) is 0 Å². The summed E-state index contributed by atoms with van der Waals surface area (Å²) in [5, 5.41) is 69.6. The van der Waals surface area contributed by atoms with E-state index in [-0.39, 0.29) is 23.9 Å². The van der Waals surface area contributed by atoms with Crippen LogP contribution in [0.25, 0.3) is 6.08 Å². The maximum Gasteiger partial charge on any atom is 0.230 e. The van der Waals surface area contributed by atoms with Crippen LogP contribution in [0, 0.1) is 0 Å². The van der Waals surface area contributed by atoms with Crippen molar-refractivity contribution in [3.8, 4) is 17.2 Å². The van der Waals surface area contributed by atoms with E-state index in [1.54, 1.807) is 18.2 Å². The summed E-state index contributed by atoms with van der Waals surface area (Å²) in [7, 11) is 2.76. The SMILES string of the molecule is COc1cc(/C=C\CO)cc(OC)c1O[C@H]1O[C@@H](CO)[C@H](O)[C@@H](O)[C@@H]1O[C@@H]1OC[C@@](O)(CO)[C@H]1O. The molecule has 0 aliphatic carbocycles. The molecule has 0 spiro atoms. The van der Waals surface area contributed by atoms with Gasteiger partial charge in [0.2, 0.25) is 12.0 Å². The molecule has 0 bridgehead atoms. The van der Waals surface area contributed by atoms with E-state index in [4.69, 9.17) is 33.5 Å². The Morgan fingerprint density at radius 1 is 1.03 bits per heavy atom. The maximum absolute atomic E-state index is 10.7. The quantitative estimate of drug-likeness (QED) is 0.175. The summed E-state index contributed by atoms with van der Waals surface area (Å²) in [5.41, 5.74) is -1.37. The van der Waals surface area contributed by atoms with Crippen LogP contribution in [0.3, 0.4) is 0 Å². The smallest absolute Gasteiger partial charge is 0.230 e. The fraction of sp³-hybridized carbons (Fsp3) is 0.636. The molecule has 0 aromatic heterocycles. The first kappa shape index (κ1) is 27.5. The molecule has 0 saturated carbocycles. The molecule has 2 heterocycles. The summed E-state index contributed by atoms with van der Waals surface area (Å²) in [6.07, 6.45) is -7.54. The molecule has 2 aliphatic heterocycles. The van der Waals surface area contributed by atoms with Gasteiger partial charge < -0.3 is 64.2 Å². The van der Waals surface area contributed by atoms with E-state index < -0.39 is 68.5 Å². The summed E-state index contributed by atoms with van der Waals surface area (Å²) in [5.74, 6) is 0.421. The molecule has 7 N–H and O–H groups in total. The zero-order valence-corrected chi connectivity index (χ0v) is 19.3. The van der Waals surface area contributed by atoms with Crippen molar-refractivity contribution in [2.24, 2.45) is 0 Å². The first-order valence-corrected chi connectivity index (χ1v) is 10.8. The Labute approximate surface area is 201 Å². The second kappa shape index (κ2) is 11.8. The average molecular weight is 504 g/mol. The number of aliphatic hydroxyl groups excluding tert-OH is 6. The number of hydrogen-bond acceptors (Lipinski definition) is 13. The molecule has 0 radical (unpaired) electrons. The van der Waals surface area contributed by atoms with E-state index in [2.05, 4.69) is 0 Å². The molecule has 2 saturated heterocycles. The van der Waals surface area contributed by atoms with E-state index in [1.807, 2.05) is 0 Å². The van der Waals surface area contributed by atoms with Crippen LogP contribution in [0.2, 0.25) is 0 Å². The maximum atomic E-state index is 10.7. The normalized spacial score (nSPS) is 35.4. The molecular formula is C22H32O13. The van der Waals surface area contributed by atoms with E-state index in [0.717, 1.165) is 0 Å². The second-order valence-electron chi connectivity index (χ2n) is 8.15. The number of ether oxygens (including phenoxy) is 6. The van der Waals surface area contributed by atoms with Crippen molar-refractivity contribution in [2.45, 2.75) is 48.7 Å². The third kappa shape index (κ3) is 5.70. The molecule has 8 atom stereocenters. The lowest BCUT2D eigenvalue weighted by molar-refractivity contribution is -0.319. The van der Waals surface area contributed by atoms with E-state index in [0.29, 0.717) is 5.56 Å². The topological polar surface area (TPSA) is 197 Å². The molecule has 1 aromatic carbocycles. The Morgan fingerprint density at radius 2 is 1.69 bits per heavy atom. The fourth-order valence-corrected chi connectivity index (χ4v) is 3.78. The van der Waals surface area contributed by atoms with Crippen LogP contribution in [0.1, 0.15) is 5.56 Å². The Balaban J connectivity index is 1.93. The summed E-state index contributed by atoms with van der Waals surface area (Å²) >= 11 is 0. The Bertz CT molecular complexity index is 839. The second-order valence-corrected chi connectivity index (χ2v) is 8.15. The monoisotopic (exact) mass is 504 g/mol. The molecule has 13 heteroatoms. The largest absolute Gasteiger partial charge is 0.493 e. The minimum atomic E-state index is -1.99. The first-order valence-electron chi connectivity index (χ1n) is 10.8. The van der Waals surface area contributed by atoms with E-state index in [9.17, 15) is 30.6 Å². The van der Waals surface area contributed by atoms with Gasteiger partial charge in [-0.3, -0.25) is 0 Å². The highest BCUT2D eigenvalue weighted by Crippen LogP contribution is 2.41. The summed E-state index contributed by atoms with van der Waals surface area (Å²) in [6, 6.07) is 3.17. The van der Waals surface area contributed by atoms with Crippen LogP contribution in [0.5, 0.6) is 17.2 Å². The molecular weight excluding hydrogens is 472 g/mol. The van der Waals surface area contributed by atoms with E-state index in [1.165, 1.54) is 20.3 Å². The molecule has 198 valence electrons. The van der Waals surface area contributed by atoms with Crippen LogP contribution in [0.4, 0.5) is 0 Å². The van der Waals surface area contributed by atoms with Crippen LogP contribution in [-0.4, -0.2) is 125 Å². The third-order valence-electron chi connectivity index (χ3n) is 5.83. The molecule has 35 heavy (non-hydrogen) atoms. The van der Waals surface area contributed by atoms with Crippen molar-refractivity contribution < 1.29 is 64.2 Å². The number of rotatable bonds is 10. The lowest BCUT2D eigenvalue weighted by Gasteiger charge is -2.42.